The molecule has 0 radical (unpaired) electrons. The third-order valence-corrected chi connectivity index (χ3v) is 30.1. The zero-order valence-electron chi connectivity index (χ0n) is 19.9. The van der Waals surface area contributed by atoms with E-state index in [1.165, 1.54) is 17.8 Å². The van der Waals surface area contributed by atoms with Crippen molar-refractivity contribution in [3.8, 4) is 0 Å². The zero-order chi connectivity index (χ0) is 26.6. The highest BCUT2D eigenvalue weighted by Gasteiger charge is 2.16. The molecule has 3 aromatic heterocycles. The monoisotopic (exact) mass is 722 g/mol. The maximum Gasteiger partial charge on any atom is 0.146 e. The second-order valence-electron chi connectivity index (χ2n) is 6.41. The van der Waals surface area contributed by atoms with Crippen LogP contribution in [-0.2, 0) is 143 Å². The SMILES string of the molecule is S=S=S=S=S=S=S=S=S=S=S=S=S=S=S.[2H]C([2H])([2H])c1cc2nc(C(C)(C)C)ccc2c2nccn12. The van der Waals surface area contributed by atoms with Crippen molar-refractivity contribution in [1.29, 1.82) is 0 Å². The van der Waals surface area contributed by atoms with E-state index in [-0.39, 0.29) is 11.1 Å². The fraction of sp³-hybridized carbons (Fsp3) is 0.333. The molecule has 0 N–H and O–H groups in total. The van der Waals surface area contributed by atoms with E-state index in [2.05, 4.69) is 30.7 Å². The number of fused-ring (bicyclic) bond motifs is 3. The predicted octanol–water partition coefficient (Wildman–Crippen LogP) is 3.45. The van der Waals surface area contributed by atoms with Gasteiger partial charge < -0.3 is 4.40 Å². The molecular weight excluding hydrogens is 703 g/mol. The van der Waals surface area contributed by atoms with Crippen molar-refractivity contribution in [2.75, 3.05) is 0 Å². The van der Waals surface area contributed by atoms with Crippen LogP contribution in [-0.4, -0.2) is 14.4 Å². The molecule has 3 heterocycles. The Balaban J connectivity index is 0.000000271. The fourth-order valence-electron chi connectivity index (χ4n) is 2.21. The molecule has 33 heavy (non-hydrogen) atoms. The van der Waals surface area contributed by atoms with Crippen molar-refractivity contribution < 1.29 is 4.11 Å². The quantitative estimate of drug-likeness (QED) is 0.356. The van der Waals surface area contributed by atoms with Gasteiger partial charge in [0.25, 0.3) is 0 Å². The van der Waals surface area contributed by atoms with E-state index in [0.717, 1.165) is 11.1 Å². The number of rotatable bonds is 0. The summed E-state index contributed by atoms with van der Waals surface area (Å²) < 4.78 is 24.7. The Morgan fingerprint density at radius 1 is 0.848 bits per heavy atom. The van der Waals surface area contributed by atoms with Crippen molar-refractivity contribution in [1.82, 2.24) is 14.4 Å². The number of pyridine rings is 2. The maximum atomic E-state index is 7.70. The Bertz CT molecular complexity index is 1770. The summed E-state index contributed by atoms with van der Waals surface area (Å²) >= 11 is 9.45. The highest BCUT2D eigenvalue weighted by molar-refractivity contribution is 8.76. The molecule has 0 saturated carbocycles. The van der Waals surface area contributed by atoms with Crippen molar-refractivity contribution >= 4 is 154 Å². The number of imidazole rings is 1. The van der Waals surface area contributed by atoms with Crippen LogP contribution in [0.15, 0.2) is 30.6 Å². The molecule has 3 aromatic rings. The number of aryl methyl sites for hydroxylation is 1. The second kappa shape index (κ2) is 17.0. The van der Waals surface area contributed by atoms with Gasteiger partial charge in [-0.3, -0.25) is 4.98 Å². The zero-order valence-corrected chi connectivity index (χ0v) is 29.1. The fourth-order valence-corrected chi connectivity index (χ4v) is 32.4. The van der Waals surface area contributed by atoms with E-state index in [0.29, 0.717) is 11.2 Å². The topological polar surface area (TPSA) is 30.2 Å². The van der Waals surface area contributed by atoms with Crippen molar-refractivity contribution in [3.05, 3.63) is 42.0 Å². The van der Waals surface area contributed by atoms with E-state index >= 15 is 0 Å². The van der Waals surface area contributed by atoms with Crippen LogP contribution >= 0.6 is 0 Å². The predicted molar refractivity (Wildman–Crippen MR) is 184 cm³/mol. The highest BCUT2D eigenvalue weighted by Crippen LogP contribution is 2.25. The van der Waals surface area contributed by atoms with Gasteiger partial charge in [0.05, 0.1) is 5.52 Å². The van der Waals surface area contributed by atoms with Gasteiger partial charge in [0.2, 0.25) is 0 Å². The molecule has 0 saturated heterocycles. The lowest BCUT2D eigenvalue weighted by atomic mass is 9.91. The largest absolute Gasteiger partial charge is 0.304 e. The lowest BCUT2D eigenvalue weighted by molar-refractivity contribution is 0.571. The molecule has 0 aromatic carbocycles. The van der Waals surface area contributed by atoms with E-state index < -0.39 is 6.85 Å². The smallest absolute Gasteiger partial charge is 0.146 e. The molecule has 0 aliphatic heterocycles. The molecule has 3 nitrogen and oxygen atoms in total. The third kappa shape index (κ3) is 11.1. The summed E-state index contributed by atoms with van der Waals surface area (Å²) in [4.78, 5) is 8.93. The van der Waals surface area contributed by atoms with Gasteiger partial charge >= 0.3 is 0 Å². The molecule has 0 fully saturated rings. The Kier molecular flexibility index (Phi) is 13.4. The van der Waals surface area contributed by atoms with Crippen LogP contribution in [0.3, 0.4) is 0 Å². The average molecular weight is 723 g/mol. The molecule has 0 aliphatic rings. The van der Waals surface area contributed by atoms with E-state index in [1.807, 2.05) is 12.1 Å². The lowest BCUT2D eigenvalue weighted by Gasteiger charge is -2.18. The summed E-state index contributed by atoms with van der Waals surface area (Å²) in [5, 5.41) is 0.862. The van der Waals surface area contributed by atoms with Gasteiger partial charge in [0.15, 0.2) is 0 Å². The summed E-state index contributed by atoms with van der Waals surface area (Å²) in [6, 6.07) is 5.59. The standard InChI is InChI=1S/C15H17N3.S15/c1-10-9-12-11(14-16-7-8-18(10)14)5-6-13(17-12)15(2,3)4;1-3-5-7-9-11-13-15-14-12-10-8-6-4-2/h5-9H,1-4H3;/i1D3;. The minimum atomic E-state index is -2.20. The molecule has 18 heteroatoms. The summed E-state index contributed by atoms with van der Waals surface area (Å²) in [5.41, 5.74) is 2.39. The summed E-state index contributed by atoms with van der Waals surface area (Å²) in [6.07, 6.45) is 3.29. The first kappa shape index (κ1) is 26.0. The van der Waals surface area contributed by atoms with Gasteiger partial charge in [0, 0.05) is 177 Å². The molecule has 0 atom stereocenters. The minimum Gasteiger partial charge on any atom is -0.304 e. The molecule has 0 aliphatic carbocycles. The molecule has 3 rings (SSSR count). The maximum absolute atomic E-state index is 7.70. The van der Waals surface area contributed by atoms with Crippen molar-refractivity contribution in [2.24, 2.45) is 0 Å². The van der Waals surface area contributed by atoms with Gasteiger partial charge in [-0.15, -0.1) is 0 Å². The van der Waals surface area contributed by atoms with Gasteiger partial charge in [-0.05, 0) is 25.1 Å². The van der Waals surface area contributed by atoms with Crippen LogP contribution in [0.2, 0.25) is 0 Å². The Morgan fingerprint density at radius 3 is 1.88 bits per heavy atom. The molecule has 182 valence electrons. The van der Waals surface area contributed by atoms with Crippen LogP contribution < -0.4 is 0 Å². The Hall–Kier alpha value is 1.40. The average Bonchev–Trinajstić information content (AvgIpc) is 3.31. The number of hydrogen-bond acceptors (Lipinski definition) is 4. The second-order valence-corrected chi connectivity index (χ2v) is 29.4. The van der Waals surface area contributed by atoms with Crippen molar-refractivity contribution in [2.45, 2.75) is 33.0 Å². The highest BCUT2D eigenvalue weighted by atomic mass is 33.5. The Labute approximate surface area is 244 Å². The Morgan fingerprint density at radius 2 is 1.39 bits per heavy atom. The van der Waals surface area contributed by atoms with Gasteiger partial charge in [0.1, 0.15) is 5.65 Å². The normalized spacial score (nSPS) is 11.8. The van der Waals surface area contributed by atoms with Crippen LogP contribution in [0.5, 0.6) is 0 Å². The molecular formula is C15H17N3S15. The summed E-state index contributed by atoms with van der Waals surface area (Å²) in [6.45, 7) is 4.05. The molecule has 0 unspecified atom stereocenters. The lowest BCUT2D eigenvalue weighted by Crippen LogP contribution is -2.13. The third-order valence-electron chi connectivity index (χ3n) is 3.44. The summed E-state index contributed by atoms with van der Waals surface area (Å²) in [7, 11) is 21.7. The van der Waals surface area contributed by atoms with E-state index in [1.54, 1.807) is 121 Å². The molecule has 0 spiro atoms. The number of aromatic nitrogens is 3. The van der Waals surface area contributed by atoms with Gasteiger partial charge in [-0.2, -0.15) is 0 Å². The van der Waals surface area contributed by atoms with Crippen LogP contribution in [0.4, 0.5) is 0 Å². The summed E-state index contributed by atoms with van der Waals surface area (Å²) in [5.74, 6) is 0. The van der Waals surface area contributed by atoms with Crippen molar-refractivity contribution in [3.63, 3.8) is 0 Å². The number of hydrogen-bond donors (Lipinski definition) is 0. The first-order valence-electron chi connectivity index (χ1n) is 9.79. The first-order chi connectivity index (χ1) is 17.1. The molecule has 0 bridgehead atoms. The van der Waals surface area contributed by atoms with E-state index in [9.17, 15) is 0 Å². The van der Waals surface area contributed by atoms with E-state index in [4.69, 9.17) is 26.5 Å². The van der Waals surface area contributed by atoms with Crippen LogP contribution in [0.25, 0.3) is 16.6 Å². The molecule has 0 amide bonds. The van der Waals surface area contributed by atoms with Crippen LogP contribution in [0.1, 0.15) is 36.3 Å². The van der Waals surface area contributed by atoms with Gasteiger partial charge in [-0.25, -0.2) is 4.98 Å². The minimum absolute atomic E-state index is 0.0874. The first-order valence-corrected chi connectivity index (χ1v) is 27.0. The van der Waals surface area contributed by atoms with Crippen LogP contribution in [0, 0.1) is 6.85 Å². The number of nitrogens with zero attached hydrogens (tertiary/aromatic N) is 3. The van der Waals surface area contributed by atoms with Gasteiger partial charge in [-0.1, -0.05) is 20.8 Å².